The summed E-state index contributed by atoms with van der Waals surface area (Å²) in [6.45, 7) is 7.23. The predicted octanol–water partition coefficient (Wildman–Crippen LogP) is 4.73. The molecule has 3 unspecified atom stereocenters. The molecule has 1 N–H and O–H groups in total. The Morgan fingerprint density at radius 2 is 2.11 bits per heavy atom. The van der Waals surface area contributed by atoms with E-state index in [0.717, 1.165) is 17.9 Å². The fraction of sp³-hybridized carbons (Fsp3) is 0.765. The van der Waals surface area contributed by atoms with Gasteiger partial charge in [0.05, 0.1) is 0 Å². The largest absolute Gasteiger partial charge is 0.317 e. The minimum absolute atomic E-state index is 0.472. The normalized spacial score (nSPS) is 28.5. The summed E-state index contributed by atoms with van der Waals surface area (Å²) in [6.07, 6.45) is 6.76. The van der Waals surface area contributed by atoms with Crippen LogP contribution >= 0.6 is 11.3 Å². The van der Waals surface area contributed by atoms with Gasteiger partial charge in [0.25, 0.3) is 0 Å². The Morgan fingerprint density at radius 1 is 1.32 bits per heavy atom. The summed E-state index contributed by atoms with van der Waals surface area (Å²) in [5, 5.41) is 5.76. The van der Waals surface area contributed by atoms with Gasteiger partial charge in [-0.1, -0.05) is 26.8 Å². The van der Waals surface area contributed by atoms with Crippen molar-refractivity contribution in [2.24, 2.45) is 17.3 Å². The average Bonchev–Trinajstić information content (AvgIpc) is 2.88. The fourth-order valence-corrected chi connectivity index (χ4v) is 4.26. The number of hydrogen-bond donors (Lipinski definition) is 1. The van der Waals surface area contributed by atoms with Crippen molar-refractivity contribution in [2.75, 3.05) is 7.05 Å². The third-order valence-electron chi connectivity index (χ3n) is 4.92. The van der Waals surface area contributed by atoms with Crippen LogP contribution < -0.4 is 5.32 Å². The van der Waals surface area contributed by atoms with Crippen LogP contribution in [0.2, 0.25) is 0 Å². The Hall–Kier alpha value is -0.340. The van der Waals surface area contributed by atoms with Crippen molar-refractivity contribution in [1.82, 2.24) is 5.32 Å². The summed E-state index contributed by atoms with van der Waals surface area (Å²) >= 11 is 1.91. The molecule has 19 heavy (non-hydrogen) atoms. The highest BCUT2D eigenvalue weighted by Gasteiger charge is 2.34. The molecule has 0 amide bonds. The van der Waals surface area contributed by atoms with Crippen molar-refractivity contribution in [2.45, 2.75) is 58.9 Å². The molecule has 1 fully saturated rings. The molecule has 0 spiro atoms. The summed E-state index contributed by atoms with van der Waals surface area (Å²) in [7, 11) is 2.14. The first-order valence-electron chi connectivity index (χ1n) is 7.70. The Kier molecular flexibility index (Phi) is 5.08. The molecular weight excluding hydrogens is 250 g/mol. The van der Waals surface area contributed by atoms with Crippen LogP contribution in [0.3, 0.4) is 0 Å². The number of nitrogens with one attached hydrogen (secondary N) is 1. The van der Waals surface area contributed by atoms with E-state index in [1.165, 1.54) is 32.1 Å². The van der Waals surface area contributed by atoms with Gasteiger partial charge in [0, 0.05) is 10.9 Å². The fourth-order valence-electron chi connectivity index (χ4n) is 3.53. The number of aryl methyl sites for hydroxylation is 1. The number of rotatable bonds is 4. The van der Waals surface area contributed by atoms with Crippen LogP contribution in [0.1, 0.15) is 51.3 Å². The van der Waals surface area contributed by atoms with Crippen molar-refractivity contribution < 1.29 is 0 Å². The van der Waals surface area contributed by atoms with Gasteiger partial charge in [0.1, 0.15) is 0 Å². The first kappa shape index (κ1) is 15.1. The zero-order chi connectivity index (χ0) is 13.9. The summed E-state index contributed by atoms with van der Waals surface area (Å²) in [4.78, 5) is 1.55. The monoisotopic (exact) mass is 279 g/mol. The highest BCUT2D eigenvalue weighted by molar-refractivity contribution is 7.09. The number of hydrogen-bond acceptors (Lipinski definition) is 2. The highest BCUT2D eigenvalue weighted by atomic mass is 32.1. The third kappa shape index (κ3) is 4.06. The van der Waals surface area contributed by atoms with Crippen LogP contribution in [-0.2, 0) is 6.42 Å². The minimum atomic E-state index is 0.472. The van der Waals surface area contributed by atoms with Crippen molar-refractivity contribution in [3.63, 3.8) is 0 Å². The quantitative estimate of drug-likeness (QED) is 0.840. The van der Waals surface area contributed by atoms with Gasteiger partial charge >= 0.3 is 0 Å². The van der Waals surface area contributed by atoms with E-state index in [1.54, 1.807) is 4.88 Å². The lowest BCUT2D eigenvalue weighted by Gasteiger charge is -2.42. The summed E-state index contributed by atoms with van der Waals surface area (Å²) in [6, 6.07) is 5.19. The molecule has 1 heterocycles. The molecule has 1 aliphatic carbocycles. The maximum absolute atomic E-state index is 3.56. The molecule has 2 rings (SSSR count). The summed E-state index contributed by atoms with van der Waals surface area (Å²) < 4.78 is 0. The molecule has 1 saturated carbocycles. The molecule has 0 aliphatic heterocycles. The molecule has 0 radical (unpaired) electrons. The smallest absolute Gasteiger partial charge is 0.00926 e. The molecule has 1 aromatic rings. The van der Waals surface area contributed by atoms with Gasteiger partial charge in [-0.2, -0.15) is 0 Å². The molecule has 1 aromatic heterocycles. The maximum atomic E-state index is 3.56. The maximum Gasteiger partial charge on any atom is 0.00926 e. The summed E-state index contributed by atoms with van der Waals surface area (Å²) in [5.41, 5.74) is 0.472. The van der Waals surface area contributed by atoms with Gasteiger partial charge < -0.3 is 5.32 Å². The highest BCUT2D eigenvalue weighted by Crippen LogP contribution is 2.41. The van der Waals surface area contributed by atoms with Gasteiger partial charge in [-0.15, -0.1) is 11.3 Å². The van der Waals surface area contributed by atoms with E-state index in [9.17, 15) is 0 Å². The second-order valence-corrected chi connectivity index (χ2v) is 8.18. The lowest BCUT2D eigenvalue weighted by atomic mass is 9.66. The average molecular weight is 279 g/mol. The lowest BCUT2D eigenvalue weighted by molar-refractivity contribution is 0.112. The molecule has 108 valence electrons. The molecule has 0 aromatic carbocycles. The van der Waals surface area contributed by atoms with Crippen molar-refractivity contribution in [1.29, 1.82) is 0 Å². The lowest BCUT2D eigenvalue weighted by Crippen LogP contribution is -2.41. The Morgan fingerprint density at radius 3 is 2.68 bits per heavy atom. The molecular formula is C17H29NS. The van der Waals surface area contributed by atoms with E-state index in [2.05, 4.69) is 50.6 Å². The molecule has 1 aliphatic rings. The molecule has 1 nitrogen and oxygen atoms in total. The van der Waals surface area contributed by atoms with Gasteiger partial charge in [-0.05, 0) is 67.8 Å². The van der Waals surface area contributed by atoms with Crippen LogP contribution in [0.4, 0.5) is 0 Å². The first-order valence-corrected chi connectivity index (χ1v) is 8.58. The van der Waals surface area contributed by atoms with Crippen molar-refractivity contribution >= 4 is 11.3 Å². The van der Waals surface area contributed by atoms with Crippen LogP contribution in [0.5, 0.6) is 0 Å². The first-order chi connectivity index (χ1) is 9.00. The summed E-state index contributed by atoms with van der Waals surface area (Å²) in [5.74, 6) is 1.75. The van der Waals surface area contributed by atoms with Gasteiger partial charge in [0.2, 0.25) is 0 Å². The van der Waals surface area contributed by atoms with Gasteiger partial charge in [-0.25, -0.2) is 0 Å². The molecule has 0 bridgehead atoms. The van der Waals surface area contributed by atoms with Crippen LogP contribution in [0.25, 0.3) is 0 Å². The second kappa shape index (κ2) is 6.41. The zero-order valence-electron chi connectivity index (χ0n) is 12.9. The Bertz CT molecular complexity index is 363. The van der Waals surface area contributed by atoms with Crippen LogP contribution in [-0.4, -0.2) is 13.1 Å². The SMILES string of the molecule is CNC1CCC(C(C)(C)C)CC1CCc1cccs1. The molecule has 2 heteroatoms. The van der Waals surface area contributed by atoms with E-state index in [0.29, 0.717) is 5.41 Å². The van der Waals surface area contributed by atoms with E-state index >= 15 is 0 Å². The van der Waals surface area contributed by atoms with Crippen LogP contribution in [0, 0.1) is 17.3 Å². The van der Waals surface area contributed by atoms with Crippen LogP contribution in [0.15, 0.2) is 17.5 Å². The third-order valence-corrected chi connectivity index (χ3v) is 5.86. The Labute approximate surface area is 122 Å². The van der Waals surface area contributed by atoms with Gasteiger partial charge in [0.15, 0.2) is 0 Å². The molecule has 0 saturated heterocycles. The predicted molar refractivity (Wildman–Crippen MR) is 85.8 cm³/mol. The number of thiophene rings is 1. The van der Waals surface area contributed by atoms with Crippen molar-refractivity contribution in [3.8, 4) is 0 Å². The van der Waals surface area contributed by atoms with Crippen molar-refractivity contribution in [3.05, 3.63) is 22.4 Å². The standard InChI is InChI=1S/C17H29NS/c1-17(2,3)14-8-10-16(18-4)13(12-14)7-9-15-6-5-11-19-15/h5-6,11,13-14,16,18H,7-10,12H2,1-4H3. The Balaban J connectivity index is 1.94. The van der Waals surface area contributed by atoms with E-state index in [1.807, 2.05) is 11.3 Å². The minimum Gasteiger partial charge on any atom is -0.317 e. The van der Waals surface area contributed by atoms with Gasteiger partial charge in [-0.3, -0.25) is 0 Å². The van der Waals surface area contributed by atoms with E-state index in [4.69, 9.17) is 0 Å². The zero-order valence-corrected chi connectivity index (χ0v) is 13.7. The second-order valence-electron chi connectivity index (χ2n) is 7.15. The van der Waals surface area contributed by atoms with E-state index in [-0.39, 0.29) is 0 Å². The molecule has 3 atom stereocenters. The van der Waals surface area contributed by atoms with E-state index < -0.39 is 0 Å². The topological polar surface area (TPSA) is 12.0 Å².